The van der Waals surface area contributed by atoms with E-state index in [1.165, 1.54) is 0 Å². The van der Waals surface area contributed by atoms with Gasteiger partial charge in [0.15, 0.2) is 0 Å². The summed E-state index contributed by atoms with van der Waals surface area (Å²) >= 11 is 0. The maximum Gasteiger partial charge on any atom is 0.237 e. The van der Waals surface area contributed by atoms with Gasteiger partial charge in [0.2, 0.25) is 5.91 Å². The van der Waals surface area contributed by atoms with Crippen molar-refractivity contribution in [3.63, 3.8) is 0 Å². The number of nitrogens with two attached hydrogens (primary N) is 2. The summed E-state index contributed by atoms with van der Waals surface area (Å²) in [6.45, 7) is 9.39. The van der Waals surface area contributed by atoms with Gasteiger partial charge >= 0.3 is 0 Å². The Balaban J connectivity index is 2.72. The number of amides is 1. The predicted octanol–water partition coefficient (Wildman–Crippen LogP) is 0.384. The molecule has 1 fully saturated rings. The minimum absolute atomic E-state index is 0.277. The summed E-state index contributed by atoms with van der Waals surface area (Å²) in [6, 6.07) is 0.810. The number of carbonyl (C=O) groups excluding carboxylic acids is 1. The number of hydrogen-bond acceptors (Lipinski definition) is 4. The van der Waals surface area contributed by atoms with Crippen molar-refractivity contribution in [2.45, 2.75) is 57.7 Å². The number of rotatable bonds is 5. The van der Waals surface area contributed by atoms with Gasteiger partial charge in [0.1, 0.15) is 0 Å². The average molecular weight is 270 g/mol. The maximum absolute atomic E-state index is 11.4. The standard InChI is InChI=1S/C14H30N4O/c1-5-12-10-17(4)7-6-8-18(12)11(2)9-14(3,16)13(15)19/h11-12H,5-10,16H2,1-4H3,(H2,15,19). The lowest BCUT2D eigenvalue weighted by atomic mass is 9.92. The molecule has 1 saturated heterocycles. The molecule has 1 amide bonds. The van der Waals surface area contributed by atoms with E-state index < -0.39 is 11.4 Å². The monoisotopic (exact) mass is 270 g/mol. The summed E-state index contributed by atoms with van der Waals surface area (Å²) in [4.78, 5) is 16.3. The number of carbonyl (C=O) groups is 1. The lowest BCUT2D eigenvalue weighted by Crippen LogP contribution is -2.55. The van der Waals surface area contributed by atoms with E-state index in [0.29, 0.717) is 12.5 Å². The lowest BCUT2D eigenvalue weighted by molar-refractivity contribution is -0.123. The average Bonchev–Trinajstić information content (AvgIpc) is 2.49. The molecule has 112 valence electrons. The first-order valence-electron chi connectivity index (χ1n) is 7.31. The first-order chi connectivity index (χ1) is 8.77. The van der Waals surface area contributed by atoms with Crippen molar-refractivity contribution in [1.29, 1.82) is 0 Å². The summed E-state index contributed by atoms with van der Waals surface area (Å²) in [5, 5.41) is 0. The van der Waals surface area contributed by atoms with Gasteiger partial charge in [-0.2, -0.15) is 0 Å². The van der Waals surface area contributed by atoms with Crippen LogP contribution in [0.2, 0.25) is 0 Å². The van der Waals surface area contributed by atoms with Crippen LogP contribution in [0.5, 0.6) is 0 Å². The van der Waals surface area contributed by atoms with Gasteiger partial charge in [-0.3, -0.25) is 9.69 Å². The molecule has 1 aliphatic rings. The third-order valence-corrected chi connectivity index (χ3v) is 4.27. The molecule has 4 N–H and O–H groups in total. The Morgan fingerprint density at radius 1 is 1.47 bits per heavy atom. The molecule has 5 nitrogen and oxygen atoms in total. The number of likely N-dealkylation sites (N-methyl/N-ethyl adjacent to an activating group) is 1. The zero-order valence-corrected chi connectivity index (χ0v) is 12.9. The Labute approximate surface area is 117 Å². The highest BCUT2D eigenvalue weighted by Gasteiger charge is 2.33. The molecular weight excluding hydrogens is 240 g/mol. The Morgan fingerprint density at radius 3 is 2.63 bits per heavy atom. The highest BCUT2D eigenvalue weighted by atomic mass is 16.1. The van der Waals surface area contributed by atoms with Crippen LogP contribution >= 0.6 is 0 Å². The second-order valence-corrected chi connectivity index (χ2v) is 6.25. The van der Waals surface area contributed by atoms with E-state index in [0.717, 1.165) is 32.5 Å². The Bertz CT molecular complexity index is 306. The molecule has 0 aromatic carbocycles. The van der Waals surface area contributed by atoms with Gasteiger partial charge in [0, 0.05) is 18.6 Å². The van der Waals surface area contributed by atoms with Gasteiger partial charge in [0.25, 0.3) is 0 Å². The van der Waals surface area contributed by atoms with Gasteiger partial charge in [-0.05, 0) is 53.2 Å². The quantitative estimate of drug-likeness (QED) is 0.757. The second kappa shape index (κ2) is 6.68. The Morgan fingerprint density at radius 2 is 2.11 bits per heavy atom. The SMILES string of the molecule is CCC1CN(C)CCCN1C(C)CC(C)(N)C(N)=O. The van der Waals surface area contributed by atoms with Crippen molar-refractivity contribution in [1.82, 2.24) is 9.80 Å². The van der Waals surface area contributed by atoms with Gasteiger partial charge in [-0.15, -0.1) is 0 Å². The molecule has 0 aliphatic carbocycles. The van der Waals surface area contributed by atoms with E-state index in [4.69, 9.17) is 11.5 Å². The summed E-state index contributed by atoms with van der Waals surface area (Å²) < 4.78 is 0. The maximum atomic E-state index is 11.4. The summed E-state index contributed by atoms with van der Waals surface area (Å²) in [5.74, 6) is -0.417. The Hall–Kier alpha value is -0.650. The summed E-state index contributed by atoms with van der Waals surface area (Å²) in [5.41, 5.74) is 10.5. The minimum Gasteiger partial charge on any atom is -0.368 e. The molecule has 1 rings (SSSR count). The summed E-state index contributed by atoms with van der Waals surface area (Å²) in [6.07, 6.45) is 2.89. The normalized spacial score (nSPS) is 27.5. The van der Waals surface area contributed by atoms with Crippen LogP contribution in [0, 0.1) is 0 Å². The molecule has 19 heavy (non-hydrogen) atoms. The predicted molar refractivity (Wildman–Crippen MR) is 78.8 cm³/mol. The van der Waals surface area contributed by atoms with Crippen LogP contribution in [0.4, 0.5) is 0 Å². The van der Waals surface area contributed by atoms with Crippen LogP contribution in [0.3, 0.4) is 0 Å². The van der Waals surface area contributed by atoms with Gasteiger partial charge in [0.05, 0.1) is 5.54 Å². The van der Waals surface area contributed by atoms with Crippen LogP contribution in [-0.4, -0.2) is 60.0 Å². The molecule has 0 aromatic heterocycles. The van der Waals surface area contributed by atoms with Gasteiger partial charge < -0.3 is 16.4 Å². The van der Waals surface area contributed by atoms with Crippen molar-refractivity contribution in [3.05, 3.63) is 0 Å². The van der Waals surface area contributed by atoms with Crippen molar-refractivity contribution in [3.8, 4) is 0 Å². The summed E-state index contributed by atoms with van der Waals surface area (Å²) in [7, 11) is 2.17. The highest BCUT2D eigenvalue weighted by Crippen LogP contribution is 2.20. The molecule has 0 bridgehead atoms. The first-order valence-corrected chi connectivity index (χ1v) is 7.31. The van der Waals surface area contributed by atoms with Crippen LogP contribution in [0.25, 0.3) is 0 Å². The number of nitrogens with zero attached hydrogens (tertiary/aromatic N) is 2. The van der Waals surface area contributed by atoms with E-state index in [-0.39, 0.29) is 6.04 Å². The second-order valence-electron chi connectivity index (χ2n) is 6.25. The van der Waals surface area contributed by atoms with Crippen molar-refractivity contribution < 1.29 is 4.79 Å². The highest BCUT2D eigenvalue weighted by molar-refractivity contribution is 5.83. The first kappa shape index (κ1) is 16.4. The third kappa shape index (κ3) is 4.44. The molecule has 3 unspecified atom stereocenters. The fraction of sp³-hybridized carbons (Fsp3) is 0.929. The van der Waals surface area contributed by atoms with Gasteiger partial charge in [-0.1, -0.05) is 6.92 Å². The molecule has 0 spiro atoms. The van der Waals surface area contributed by atoms with Crippen LogP contribution in [-0.2, 0) is 4.79 Å². The zero-order valence-electron chi connectivity index (χ0n) is 12.9. The topological polar surface area (TPSA) is 75.6 Å². The van der Waals surface area contributed by atoms with Gasteiger partial charge in [-0.25, -0.2) is 0 Å². The zero-order chi connectivity index (χ0) is 14.6. The van der Waals surface area contributed by atoms with E-state index in [1.807, 2.05) is 0 Å². The number of primary amides is 1. The molecule has 1 heterocycles. The minimum atomic E-state index is -0.921. The largest absolute Gasteiger partial charge is 0.368 e. The fourth-order valence-electron chi connectivity index (χ4n) is 3.04. The van der Waals surface area contributed by atoms with Crippen molar-refractivity contribution in [2.75, 3.05) is 26.7 Å². The van der Waals surface area contributed by atoms with Crippen molar-refractivity contribution in [2.24, 2.45) is 11.5 Å². The fourth-order valence-corrected chi connectivity index (χ4v) is 3.04. The smallest absolute Gasteiger partial charge is 0.237 e. The van der Waals surface area contributed by atoms with Crippen LogP contribution in [0.15, 0.2) is 0 Å². The third-order valence-electron chi connectivity index (χ3n) is 4.27. The van der Waals surface area contributed by atoms with Crippen LogP contribution < -0.4 is 11.5 Å². The molecule has 0 aromatic rings. The lowest BCUT2D eigenvalue weighted by Gasteiger charge is -2.38. The van der Waals surface area contributed by atoms with Crippen molar-refractivity contribution >= 4 is 5.91 Å². The molecular formula is C14H30N4O. The molecule has 0 radical (unpaired) electrons. The van der Waals surface area contributed by atoms with E-state index in [2.05, 4.69) is 30.7 Å². The van der Waals surface area contributed by atoms with E-state index >= 15 is 0 Å². The molecule has 1 aliphatic heterocycles. The van der Waals surface area contributed by atoms with Crippen LogP contribution in [0.1, 0.15) is 40.0 Å². The van der Waals surface area contributed by atoms with E-state index in [1.54, 1.807) is 6.92 Å². The molecule has 0 saturated carbocycles. The number of hydrogen-bond donors (Lipinski definition) is 2. The molecule has 3 atom stereocenters. The van der Waals surface area contributed by atoms with E-state index in [9.17, 15) is 4.79 Å². The Kier molecular flexibility index (Phi) is 5.77. The molecule has 5 heteroatoms.